The molecule has 1 aliphatic heterocycles. The Balaban J connectivity index is 1.88. The standard InChI is InChI=1S/C10H6F3N6O/c11-10(12,13)6-2-1-3-7(4-6)19-5-20-9(16-19)8-14-17-18-15-8/h1-2,4H,5H2,(H,14,15,17,18). The molecule has 0 fully saturated rings. The van der Waals surface area contributed by atoms with Crippen molar-refractivity contribution in [3.05, 3.63) is 35.7 Å². The van der Waals surface area contributed by atoms with E-state index in [-0.39, 0.29) is 24.1 Å². The van der Waals surface area contributed by atoms with Crippen LogP contribution in [0.1, 0.15) is 11.4 Å². The Morgan fingerprint density at radius 1 is 1.40 bits per heavy atom. The molecule has 10 heteroatoms. The van der Waals surface area contributed by atoms with Crippen molar-refractivity contribution in [2.45, 2.75) is 6.18 Å². The minimum absolute atomic E-state index is 0.0539. The fourth-order valence-electron chi connectivity index (χ4n) is 1.55. The van der Waals surface area contributed by atoms with Crippen LogP contribution in [0.3, 0.4) is 0 Å². The number of hydrogen-bond acceptors (Lipinski definition) is 6. The van der Waals surface area contributed by atoms with E-state index >= 15 is 0 Å². The van der Waals surface area contributed by atoms with Gasteiger partial charge in [0.25, 0.3) is 11.7 Å². The second-order valence-electron chi connectivity index (χ2n) is 3.77. The van der Waals surface area contributed by atoms with Crippen molar-refractivity contribution in [1.29, 1.82) is 0 Å². The summed E-state index contributed by atoms with van der Waals surface area (Å²) in [5.74, 6) is 0.198. The van der Waals surface area contributed by atoms with Crippen molar-refractivity contribution in [2.24, 2.45) is 5.10 Å². The number of H-pyrrole nitrogens is 1. The number of halogens is 3. The summed E-state index contributed by atoms with van der Waals surface area (Å²) in [6.07, 6.45) is -4.43. The number of aromatic nitrogens is 4. The first-order chi connectivity index (χ1) is 9.54. The lowest BCUT2D eigenvalue weighted by Crippen LogP contribution is -2.14. The van der Waals surface area contributed by atoms with Gasteiger partial charge in [-0.25, -0.2) is 5.01 Å². The van der Waals surface area contributed by atoms with E-state index in [2.05, 4.69) is 31.8 Å². The summed E-state index contributed by atoms with van der Waals surface area (Å²) in [5, 5.41) is 18.1. The first kappa shape index (κ1) is 12.4. The van der Waals surface area contributed by atoms with Crippen LogP contribution in [0.4, 0.5) is 18.9 Å². The molecule has 0 saturated carbocycles. The molecule has 0 saturated heterocycles. The average molecular weight is 283 g/mol. The number of nitrogens with zero attached hydrogens (tertiary/aromatic N) is 5. The van der Waals surface area contributed by atoms with Gasteiger partial charge in [0.15, 0.2) is 6.73 Å². The molecule has 2 heterocycles. The first-order valence-electron chi connectivity index (χ1n) is 5.36. The Morgan fingerprint density at radius 2 is 2.25 bits per heavy atom. The molecule has 0 bridgehead atoms. The molecule has 0 spiro atoms. The van der Waals surface area contributed by atoms with Gasteiger partial charge in [-0.15, -0.1) is 15.3 Å². The summed E-state index contributed by atoms with van der Waals surface area (Å²) >= 11 is 0. The van der Waals surface area contributed by atoms with E-state index in [1.807, 2.05) is 0 Å². The molecular formula is C10H6F3N6O. The number of hydrazone groups is 1. The molecule has 1 radical (unpaired) electrons. The van der Waals surface area contributed by atoms with Gasteiger partial charge in [0, 0.05) is 6.07 Å². The summed E-state index contributed by atoms with van der Waals surface area (Å²) in [6.45, 7) is -0.0539. The third-order valence-corrected chi connectivity index (χ3v) is 2.46. The Hall–Kier alpha value is -2.65. The maximum absolute atomic E-state index is 12.6. The Labute approximate surface area is 110 Å². The molecule has 3 rings (SSSR count). The summed E-state index contributed by atoms with van der Waals surface area (Å²) in [6, 6.07) is 5.72. The number of tetrazole rings is 1. The fraction of sp³-hybridized carbons (Fsp3) is 0.200. The maximum Gasteiger partial charge on any atom is 0.416 e. The lowest BCUT2D eigenvalue weighted by Gasteiger charge is -2.13. The number of rotatable bonds is 2. The van der Waals surface area contributed by atoms with E-state index in [9.17, 15) is 13.2 Å². The highest BCUT2D eigenvalue weighted by Gasteiger charge is 2.31. The van der Waals surface area contributed by atoms with Crippen LogP contribution >= 0.6 is 0 Å². The van der Waals surface area contributed by atoms with Crippen LogP contribution in [0.15, 0.2) is 23.3 Å². The molecule has 103 valence electrons. The van der Waals surface area contributed by atoms with Gasteiger partial charge in [-0.3, -0.25) is 0 Å². The second-order valence-corrected chi connectivity index (χ2v) is 3.77. The largest absolute Gasteiger partial charge is 0.451 e. The molecule has 1 aromatic heterocycles. The van der Waals surface area contributed by atoms with E-state index < -0.39 is 11.7 Å². The number of anilines is 1. The van der Waals surface area contributed by atoms with Crippen molar-refractivity contribution in [3.8, 4) is 0 Å². The van der Waals surface area contributed by atoms with Crippen LogP contribution in [0.5, 0.6) is 0 Å². The van der Waals surface area contributed by atoms with Gasteiger partial charge in [-0.1, -0.05) is 6.07 Å². The highest BCUT2D eigenvalue weighted by Crippen LogP contribution is 2.32. The van der Waals surface area contributed by atoms with Crippen molar-refractivity contribution < 1.29 is 17.9 Å². The molecule has 0 amide bonds. The van der Waals surface area contributed by atoms with E-state index in [0.29, 0.717) is 0 Å². The summed E-state index contributed by atoms with van der Waals surface area (Å²) < 4.78 is 43.0. The minimum atomic E-state index is -4.43. The van der Waals surface area contributed by atoms with Gasteiger partial charge in [0.1, 0.15) is 0 Å². The van der Waals surface area contributed by atoms with Gasteiger partial charge in [-0.2, -0.15) is 18.4 Å². The summed E-state index contributed by atoms with van der Waals surface area (Å²) in [7, 11) is 0. The molecular weight excluding hydrogens is 277 g/mol. The Morgan fingerprint density at radius 3 is 2.95 bits per heavy atom. The zero-order chi connectivity index (χ0) is 14.2. The van der Waals surface area contributed by atoms with Crippen LogP contribution in [0.25, 0.3) is 0 Å². The number of hydrogen-bond donors (Lipinski definition) is 1. The fourth-order valence-corrected chi connectivity index (χ4v) is 1.55. The zero-order valence-corrected chi connectivity index (χ0v) is 9.72. The van der Waals surface area contributed by atoms with Gasteiger partial charge in [-0.05, 0) is 17.3 Å². The lowest BCUT2D eigenvalue weighted by molar-refractivity contribution is -0.137. The molecule has 0 aliphatic carbocycles. The number of nitrogens with one attached hydrogen (secondary N) is 1. The van der Waals surface area contributed by atoms with E-state index in [1.54, 1.807) is 0 Å². The molecule has 20 heavy (non-hydrogen) atoms. The Kier molecular flexibility index (Phi) is 2.77. The maximum atomic E-state index is 12.6. The van der Waals surface area contributed by atoms with Crippen molar-refractivity contribution in [1.82, 2.24) is 20.6 Å². The quantitative estimate of drug-likeness (QED) is 0.895. The third-order valence-electron chi connectivity index (χ3n) is 2.46. The summed E-state index contributed by atoms with van der Waals surface area (Å²) in [5.41, 5.74) is -0.646. The van der Waals surface area contributed by atoms with Crippen LogP contribution in [-0.4, -0.2) is 33.3 Å². The highest BCUT2D eigenvalue weighted by atomic mass is 19.4. The van der Waals surface area contributed by atoms with Gasteiger partial charge >= 0.3 is 6.18 Å². The van der Waals surface area contributed by atoms with Crippen molar-refractivity contribution in [3.63, 3.8) is 0 Å². The number of alkyl halides is 3. The average Bonchev–Trinajstić information content (AvgIpc) is 3.09. The minimum Gasteiger partial charge on any atom is -0.451 e. The topological polar surface area (TPSA) is 79.3 Å². The number of benzene rings is 1. The Bertz CT molecular complexity index is 639. The van der Waals surface area contributed by atoms with Crippen LogP contribution in [0, 0.1) is 6.07 Å². The van der Waals surface area contributed by atoms with Crippen LogP contribution in [-0.2, 0) is 10.9 Å². The van der Waals surface area contributed by atoms with E-state index in [0.717, 1.165) is 12.1 Å². The van der Waals surface area contributed by atoms with Crippen LogP contribution in [0.2, 0.25) is 0 Å². The van der Waals surface area contributed by atoms with Gasteiger partial charge in [0.2, 0.25) is 0 Å². The number of aromatic amines is 1. The predicted octanol–water partition coefficient (Wildman–Crippen LogP) is 1.17. The highest BCUT2D eigenvalue weighted by molar-refractivity contribution is 5.92. The molecule has 1 aromatic carbocycles. The zero-order valence-electron chi connectivity index (χ0n) is 9.72. The van der Waals surface area contributed by atoms with E-state index in [1.165, 1.54) is 11.1 Å². The molecule has 1 aliphatic rings. The molecule has 1 N–H and O–H groups in total. The SMILES string of the molecule is FC(F)(F)c1cc[c]c(N2COC(c3nn[nH]n3)=N2)c1. The van der Waals surface area contributed by atoms with Crippen molar-refractivity contribution in [2.75, 3.05) is 11.7 Å². The number of ether oxygens (including phenoxy) is 1. The third kappa shape index (κ3) is 2.27. The smallest absolute Gasteiger partial charge is 0.416 e. The molecule has 0 atom stereocenters. The predicted molar refractivity (Wildman–Crippen MR) is 59.4 cm³/mol. The second kappa shape index (κ2) is 4.47. The van der Waals surface area contributed by atoms with Crippen molar-refractivity contribution >= 4 is 11.6 Å². The normalized spacial score (nSPS) is 15.2. The van der Waals surface area contributed by atoms with E-state index in [4.69, 9.17) is 4.74 Å². The lowest BCUT2D eigenvalue weighted by atomic mass is 10.2. The van der Waals surface area contributed by atoms with Gasteiger partial charge in [0.05, 0.1) is 11.3 Å². The van der Waals surface area contributed by atoms with Gasteiger partial charge < -0.3 is 4.74 Å². The van der Waals surface area contributed by atoms with Crippen LogP contribution < -0.4 is 5.01 Å². The monoisotopic (exact) mass is 283 g/mol. The molecule has 0 unspecified atom stereocenters. The molecule has 7 nitrogen and oxygen atoms in total. The first-order valence-corrected chi connectivity index (χ1v) is 5.36. The summed E-state index contributed by atoms with van der Waals surface area (Å²) in [4.78, 5) is 0. The molecule has 2 aromatic rings.